The summed E-state index contributed by atoms with van der Waals surface area (Å²) in [4.78, 5) is 17.2. The van der Waals surface area contributed by atoms with E-state index < -0.39 is 0 Å². The first-order valence-electron chi connectivity index (χ1n) is 7.71. The first-order chi connectivity index (χ1) is 10.1. The summed E-state index contributed by atoms with van der Waals surface area (Å²) in [6.45, 7) is 6.54. The predicted molar refractivity (Wildman–Crippen MR) is 83.9 cm³/mol. The number of imidazole rings is 1. The monoisotopic (exact) mass is 282 g/mol. The van der Waals surface area contributed by atoms with Gasteiger partial charge in [-0.2, -0.15) is 0 Å². The van der Waals surface area contributed by atoms with Gasteiger partial charge >= 0.3 is 0 Å². The van der Waals surface area contributed by atoms with Crippen molar-refractivity contribution in [2.75, 3.05) is 0 Å². The van der Waals surface area contributed by atoms with Crippen molar-refractivity contribution in [3.8, 4) is 0 Å². The van der Waals surface area contributed by atoms with Crippen LogP contribution >= 0.6 is 0 Å². The molecule has 2 aromatic rings. The van der Waals surface area contributed by atoms with Gasteiger partial charge in [-0.15, -0.1) is 0 Å². The Labute approximate surface area is 126 Å². The summed E-state index contributed by atoms with van der Waals surface area (Å²) in [6.07, 6.45) is 4.53. The Morgan fingerprint density at radius 2 is 1.90 bits per heavy atom. The zero-order chi connectivity index (χ0) is 15.0. The smallest absolute Gasteiger partial charge is 0.182 e. The van der Waals surface area contributed by atoms with Gasteiger partial charge in [-0.1, -0.05) is 12.1 Å². The molecule has 0 unspecified atom stereocenters. The third kappa shape index (κ3) is 2.65. The summed E-state index contributed by atoms with van der Waals surface area (Å²) in [7, 11) is 0. The Kier molecular flexibility index (Phi) is 3.66. The molecule has 0 N–H and O–H groups in total. The Hall–Kier alpha value is -1.90. The molecule has 3 rings (SSSR count). The number of benzene rings is 1. The molecular weight excluding hydrogens is 260 g/mol. The van der Waals surface area contributed by atoms with E-state index in [2.05, 4.69) is 23.4 Å². The fourth-order valence-electron chi connectivity index (χ4n) is 3.10. The van der Waals surface area contributed by atoms with Crippen molar-refractivity contribution < 1.29 is 4.79 Å². The Balaban J connectivity index is 1.88. The van der Waals surface area contributed by atoms with Crippen LogP contribution in [0.2, 0.25) is 0 Å². The van der Waals surface area contributed by atoms with Crippen molar-refractivity contribution in [1.29, 1.82) is 0 Å². The molecule has 0 amide bonds. The lowest BCUT2D eigenvalue weighted by Crippen LogP contribution is -2.16. The molecule has 1 aliphatic carbocycles. The predicted octanol–water partition coefficient (Wildman–Crippen LogP) is 3.57. The van der Waals surface area contributed by atoms with Crippen molar-refractivity contribution in [1.82, 2.24) is 9.55 Å². The van der Waals surface area contributed by atoms with E-state index in [0.717, 1.165) is 24.2 Å². The van der Waals surface area contributed by atoms with Crippen molar-refractivity contribution >= 4 is 5.78 Å². The number of aryl methyl sites for hydroxylation is 4. The van der Waals surface area contributed by atoms with Crippen LogP contribution in [0.5, 0.6) is 0 Å². The molecule has 1 heterocycles. The Morgan fingerprint density at radius 3 is 2.67 bits per heavy atom. The van der Waals surface area contributed by atoms with Gasteiger partial charge in [0.1, 0.15) is 5.82 Å². The van der Waals surface area contributed by atoms with Crippen molar-refractivity contribution in [3.63, 3.8) is 0 Å². The van der Waals surface area contributed by atoms with E-state index in [1.54, 1.807) is 0 Å². The summed E-state index contributed by atoms with van der Waals surface area (Å²) >= 11 is 0. The molecule has 0 aliphatic heterocycles. The topological polar surface area (TPSA) is 34.9 Å². The number of fused-ring (bicyclic) bond motifs is 1. The summed E-state index contributed by atoms with van der Waals surface area (Å²) < 4.78 is 2.12. The van der Waals surface area contributed by atoms with Gasteiger partial charge in [-0.05, 0) is 63.6 Å². The number of carbonyl (C=O) groups is 1. The zero-order valence-electron chi connectivity index (χ0n) is 13.1. The summed E-state index contributed by atoms with van der Waals surface area (Å²) in [5, 5.41) is 0. The fraction of sp³-hybridized carbons (Fsp3) is 0.444. The number of aromatic nitrogens is 2. The number of nitrogens with zero attached hydrogens (tertiary/aromatic N) is 2. The van der Waals surface area contributed by atoms with Gasteiger partial charge in [-0.25, -0.2) is 4.98 Å². The average molecular weight is 282 g/mol. The maximum atomic E-state index is 12.6. The number of hydrogen-bond acceptors (Lipinski definition) is 2. The van der Waals surface area contributed by atoms with E-state index in [4.69, 9.17) is 0 Å². The van der Waals surface area contributed by atoms with Crippen LogP contribution in [0.4, 0.5) is 0 Å². The largest absolute Gasteiger partial charge is 0.324 e. The van der Waals surface area contributed by atoms with Crippen LogP contribution in [0.1, 0.15) is 51.5 Å². The average Bonchev–Trinajstić information content (AvgIpc) is 2.78. The molecule has 3 nitrogen and oxygen atoms in total. The van der Waals surface area contributed by atoms with Gasteiger partial charge in [0, 0.05) is 11.3 Å². The molecule has 1 aliphatic rings. The minimum atomic E-state index is 0.173. The lowest BCUT2D eigenvalue weighted by Gasteiger charge is -2.14. The lowest BCUT2D eigenvalue weighted by molar-refractivity contribution is 0.0970. The van der Waals surface area contributed by atoms with Crippen molar-refractivity contribution in [2.24, 2.45) is 0 Å². The highest BCUT2D eigenvalue weighted by Crippen LogP contribution is 2.22. The number of rotatable bonds is 3. The molecule has 110 valence electrons. The number of ketones is 1. The first kappa shape index (κ1) is 14.1. The minimum absolute atomic E-state index is 0.173. The van der Waals surface area contributed by atoms with Crippen LogP contribution in [0, 0.1) is 20.8 Å². The molecule has 0 radical (unpaired) electrons. The van der Waals surface area contributed by atoms with E-state index in [-0.39, 0.29) is 5.78 Å². The van der Waals surface area contributed by atoms with Crippen molar-refractivity contribution in [3.05, 3.63) is 52.1 Å². The van der Waals surface area contributed by atoms with E-state index in [1.807, 2.05) is 25.1 Å². The number of Topliss-reactive ketones (excluding diaryl/α,β-unsaturated/α-hetero) is 1. The number of carbonyl (C=O) groups excluding carboxylic acids is 1. The molecule has 0 spiro atoms. The third-order valence-corrected chi connectivity index (χ3v) is 4.55. The quantitative estimate of drug-likeness (QED) is 0.807. The van der Waals surface area contributed by atoms with E-state index in [0.29, 0.717) is 6.54 Å². The van der Waals surface area contributed by atoms with Gasteiger partial charge in [-0.3, -0.25) is 4.79 Å². The second-order valence-electron chi connectivity index (χ2n) is 6.07. The molecule has 21 heavy (non-hydrogen) atoms. The summed E-state index contributed by atoms with van der Waals surface area (Å²) in [6, 6.07) is 5.96. The first-order valence-corrected chi connectivity index (χ1v) is 7.71. The molecule has 1 aromatic heterocycles. The highest BCUT2D eigenvalue weighted by atomic mass is 16.1. The highest BCUT2D eigenvalue weighted by molar-refractivity contribution is 5.96. The molecule has 0 atom stereocenters. The van der Waals surface area contributed by atoms with Crippen LogP contribution in [0.25, 0.3) is 0 Å². The van der Waals surface area contributed by atoms with Gasteiger partial charge in [0.25, 0.3) is 0 Å². The van der Waals surface area contributed by atoms with Crippen LogP contribution in [-0.2, 0) is 19.4 Å². The van der Waals surface area contributed by atoms with E-state index in [9.17, 15) is 4.79 Å². The van der Waals surface area contributed by atoms with Gasteiger partial charge in [0.05, 0.1) is 12.2 Å². The summed E-state index contributed by atoms with van der Waals surface area (Å²) in [5.41, 5.74) is 5.67. The van der Waals surface area contributed by atoms with Crippen LogP contribution < -0.4 is 0 Å². The molecular formula is C18H22N2O. The van der Waals surface area contributed by atoms with Gasteiger partial charge < -0.3 is 4.57 Å². The second kappa shape index (κ2) is 5.47. The molecule has 0 saturated carbocycles. The van der Waals surface area contributed by atoms with Crippen LogP contribution in [0.15, 0.2) is 18.2 Å². The van der Waals surface area contributed by atoms with E-state index >= 15 is 0 Å². The highest BCUT2D eigenvalue weighted by Gasteiger charge is 2.20. The molecule has 3 heteroatoms. The Morgan fingerprint density at radius 1 is 1.14 bits per heavy atom. The third-order valence-electron chi connectivity index (χ3n) is 4.55. The minimum Gasteiger partial charge on any atom is -0.324 e. The zero-order valence-corrected chi connectivity index (χ0v) is 13.1. The van der Waals surface area contributed by atoms with Gasteiger partial charge in [0.15, 0.2) is 5.78 Å². The molecule has 1 aromatic carbocycles. The Bertz CT molecular complexity index is 697. The number of hydrogen-bond donors (Lipinski definition) is 0. The summed E-state index contributed by atoms with van der Waals surface area (Å²) in [5.74, 6) is 1.14. The normalized spacial score (nSPS) is 14.0. The van der Waals surface area contributed by atoms with Crippen LogP contribution in [-0.4, -0.2) is 15.3 Å². The second-order valence-corrected chi connectivity index (χ2v) is 6.07. The standard InChI is InChI=1S/C18H22N2O/c1-12-8-9-15(10-13(12)2)18(21)11-20-14(3)19-16-6-4-5-7-17(16)20/h8-10H,4-7,11H2,1-3H3. The maximum absolute atomic E-state index is 12.6. The SMILES string of the molecule is Cc1ccc(C(=O)Cn2c(C)nc3c2CCCC3)cc1C. The van der Waals surface area contributed by atoms with Gasteiger partial charge in [0.2, 0.25) is 0 Å². The molecule has 0 fully saturated rings. The molecule has 0 saturated heterocycles. The molecule has 0 bridgehead atoms. The van der Waals surface area contributed by atoms with Crippen LogP contribution in [0.3, 0.4) is 0 Å². The lowest BCUT2D eigenvalue weighted by atomic mass is 10.0. The fourth-order valence-corrected chi connectivity index (χ4v) is 3.10. The maximum Gasteiger partial charge on any atom is 0.182 e. The van der Waals surface area contributed by atoms with E-state index in [1.165, 1.54) is 35.4 Å². The van der Waals surface area contributed by atoms with Crippen molar-refractivity contribution in [2.45, 2.75) is 53.0 Å².